The zero-order valence-corrected chi connectivity index (χ0v) is 12.1. The number of rotatable bonds is 5. The van der Waals surface area contributed by atoms with E-state index >= 15 is 0 Å². The summed E-state index contributed by atoms with van der Waals surface area (Å²) in [6.45, 7) is 1.90. The van der Waals surface area contributed by atoms with Crippen LogP contribution in [0.25, 0.3) is 10.9 Å². The first kappa shape index (κ1) is 12.1. The fourth-order valence-electron chi connectivity index (χ4n) is 2.54. The van der Waals surface area contributed by atoms with Crippen molar-refractivity contribution in [1.29, 1.82) is 0 Å². The molecule has 3 aromatic rings. The average molecular weight is 283 g/mol. The van der Waals surface area contributed by atoms with E-state index in [1.54, 1.807) is 11.3 Å². The normalized spacial score (nSPS) is 15.0. The summed E-state index contributed by atoms with van der Waals surface area (Å²) in [6, 6.07) is 9.74. The van der Waals surface area contributed by atoms with Crippen molar-refractivity contribution in [2.24, 2.45) is 0 Å². The highest BCUT2D eigenvalue weighted by molar-refractivity contribution is 7.09. The molecule has 2 aromatic heterocycles. The second-order valence-corrected chi connectivity index (χ2v) is 6.43. The Morgan fingerprint density at radius 2 is 2.25 bits per heavy atom. The van der Waals surface area contributed by atoms with Crippen LogP contribution in [0.1, 0.15) is 23.3 Å². The fraction of sp³-hybridized carbons (Fsp3) is 0.312. The first-order valence-corrected chi connectivity index (χ1v) is 7.95. The third kappa shape index (κ3) is 2.49. The summed E-state index contributed by atoms with van der Waals surface area (Å²) in [6.07, 6.45) is 6.80. The van der Waals surface area contributed by atoms with Gasteiger partial charge < -0.3 is 9.88 Å². The van der Waals surface area contributed by atoms with Gasteiger partial charge in [-0.2, -0.15) is 0 Å². The molecule has 0 atom stereocenters. The molecule has 0 spiro atoms. The van der Waals surface area contributed by atoms with Gasteiger partial charge in [0, 0.05) is 35.4 Å². The van der Waals surface area contributed by atoms with Gasteiger partial charge in [-0.25, -0.2) is 0 Å². The molecule has 0 unspecified atom stereocenters. The molecule has 1 saturated carbocycles. The zero-order valence-electron chi connectivity index (χ0n) is 11.2. The maximum Gasteiger partial charge on any atom is 0.0794 e. The fourth-order valence-corrected chi connectivity index (χ4v) is 3.13. The standard InChI is InChI=1S/C16H17N3S/c1-4-16-13(7-12(1)8-18-14-2-3-14)5-6-19(16)10-15-9-17-11-20-15/h1,4-7,9,11,14,18H,2-3,8,10H2. The molecule has 1 fully saturated rings. The molecule has 2 heterocycles. The van der Waals surface area contributed by atoms with Gasteiger partial charge in [0.1, 0.15) is 0 Å². The van der Waals surface area contributed by atoms with E-state index in [0.29, 0.717) is 0 Å². The third-order valence-corrected chi connectivity index (χ3v) is 4.58. The second kappa shape index (κ2) is 5.04. The summed E-state index contributed by atoms with van der Waals surface area (Å²) in [7, 11) is 0. The SMILES string of the molecule is c1ncc(Cn2ccc3cc(CNC4CC4)ccc32)s1. The number of fused-ring (bicyclic) bond motifs is 1. The number of hydrogen-bond acceptors (Lipinski definition) is 3. The Balaban J connectivity index is 1.57. The summed E-state index contributed by atoms with van der Waals surface area (Å²) in [5.74, 6) is 0. The predicted octanol–water partition coefficient (Wildman–Crippen LogP) is 3.40. The van der Waals surface area contributed by atoms with E-state index in [0.717, 1.165) is 19.1 Å². The third-order valence-electron chi connectivity index (χ3n) is 3.82. The average Bonchev–Trinajstić information content (AvgIpc) is 3.00. The van der Waals surface area contributed by atoms with Crippen LogP contribution < -0.4 is 5.32 Å². The quantitative estimate of drug-likeness (QED) is 0.778. The lowest BCUT2D eigenvalue weighted by atomic mass is 10.1. The van der Waals surface area contributed by atoms with Gasteiger partial charge in [0.2, 0.25) is 0 Å². The highest BCUT2D eigenvalue weighted by Crippen LogP contribution is 2.22. The molecule has 4 rings (SSSR count). The van der Waals surface area contributed by atoms with E-state index < -0.39 is 0 Å². The molecule has 0 aliphatic heterocycles. The van der Waals surface area contributed by atoms with Gasteiger partial charge in [0.15, 0.2) is 0 Å². The van der Waals surface area contributed by atoms with Crippen LogP contribution in [-0.4, -0.2) is 15.6 Å². The minimum atomic E-state index is 0.765. The second-order valence-electron chi connectivity index (χ2n) is 5.46. The Hall–Kier alpha value is -1.65. The first-order valence-electron chi connectivity index (χ1n) is 7.07. The molecule has 1 aromatic carbocycles. The molecule has 102 valence electrons. The lowest BCUT2D eigenvalue weighted by Gasteiger charge is -2.06. The van der Waals surface area contributed by atoms with Crippen LogP contribution in [0.15, 0.2) is 42.2 Å². The monoisotopic (exact) mass is 283 g/mol. The topological polar surface area (TPSA) is 29.9 Å². The van der Waals surface area contributed by atoms with Gasteiger partial charge in [-0.3, -0.25) is 4.98 Å². The van der Waals surface area contributed by atoms with Crippen LogP contribution >= 0.6 is 11.3 Å². The number of hydrogen-bond donors (Lipinski definition) is 1. The van der Waals surface area contributed by atoms with E-state index in [-0.39, 0.29) is 0 Å². The minimum Gasteiger partial charge on any atom is -0.342 e. The van der Waals surface area contributed by atoms with Crippen LogP contribution in [0.5, 0.6) is 0 Å². The van der Waals surface area contributed by atoms with E-state index in [1.807, 2.05) is 11.7 Å². The summed E-state index contributed by atoms with van der Waals surface area (Å²) in [5.41, 5.74) is 4.57. The highest BCUT2D eigenvalue weighted by Gasteiger charge is 2.19. The Kier molecular flexibility index (Phi) is 3.05. The number of aromatic nitrogens is 2. The van der Waals surface area contributed by atoms with Crippen molar-refractivity contribution in [2.75, 3.05) is 0 Å². The molecular formula is C16H17N3S. The molecular weight excluding hydrogens is 266 g/mol. The van der Waals surface area contributed by atoms with Crippen LogP contribution in [0.3, 0.4) is 0 Å². The Morgan fingerprint density at radius 1 is 1.30 bits per heavy atom. The van der Waals surface area contributed by atoms with Crippen molar-refractivity contribution in [1.82, 2.24) is 14.9 Å². The van der Waals surface area contributed by atoms with Gasteiger partial charge in [-0.15, -0.1) is 11.3 Å². The zero-order chi connectivity index (χ0) is 13.4. The maximum absolute atomic E-state index is 4.14. The molecule has 1 aliphatic rings. The van der Waals surface area contributed by atoms with Crippen molar-refractivity contribution in [3.05, 3.63) is 52.6 Å². The highest BCUT2D eigenvalue weighted by atomic mass is 32.1. The molecule has 3 nitrogen and oxygen atoms in total. The van der Waals surface area contributed by atoms with Crippen LogP contribution in [-0.2, 0) is 13.1 Å². The molecule has 4 heteroatoms. The van der Waals surface area contributed by atoms with Gasteiger partial charge in [-0.1, -0.05) is 6.07 Å². The number of thiazole rings is 1. The van der Waals surface area contributed by atoms with Gasteiger partial charge in [-0.05, 0) is 42.0 Å². The van der Waals surface area contributed by atoms with Crippen LogP contribution in [0, 0.1) is 0 Å². The van der Waals surface area contributed by atoms with Gasteiger partial charge >= 0.3 is 0 Å². The molecule has 0 radical (unpaired) electrons. The molecule has 20 heavy (non-hydrogen) atoms. The van der Waals surface area contributed by atoms with Gasteiger partial charge in [0.05, 0.1) is 12.1 Å². The Morgan fingerprint density at radius 3 is 3.05 bits per heavy atom. The smallest absolute Gasteiger partial charge is 0.0794 e. The molecule has 0 saturated heterocycles. The van der Waals surface area contributed by atoms with Crippen LogP contribution in [0.4, 0.5) is 0 Å². The van der Waals surface area contributed by atoms with Crippen molar-refractivity contribution in [2.45, 2.75) is 32.0 Å². The number of benzene rings is 1. The van der Waals surface area contributed by atoms with Crippen LogP contribution in [0.2, 0.25) is 0 Å². The van der Waals surface area contributed by atoms with E-state index in [9.17, 15) is 0 Å². The molecule has 1 N–H and O–H groups in total. The summed E-state index contributed by atoms with van der Waals surface area (Å²) in [4.78, 5) is 5.43. The first-order chi connectivity index (χ1) is 9.88. The molecule has 0 amide bonds. The lowest BCUT2D eigenvalue weighted by molar-refractivity contribution is 0.688. The predicted molar refractivity (Wildman–Crippen MR) is 83.0 cm³/mol. The number of nitrogens with one attached hydrogen (secondary N) is 1. The van der Waals surface area contributed by atoms with Crippen molar-refractivity contribution >= 4 is 22.2 Å². The van der Waals surface area contributed by atoms with Crippen molar-refractivity contribution in [3.8, 4) is 0 Å². The number of nitrogens with zero attached hydrogens (tertiary/aromatic N) is 2. The maximum atomic E-state index is 4.14. The van der Waals surface area contributed by atoms with Crippen molar-refractivity contribution in [3.63, 3.8) is 0 Å². The van der Waals surface area contributed by atoms with Crippen molar-refractivity contribution < 1.29 is 0 Å². The van der Waals surface area contributed by atoms with Gasteiger partial charge in [0.25, 0.3) is 0 Å². The summed E-state index contributed by atoms with van der Waals surface area (Å²) in [5, 5.41) is 4.89. The Labute approximate surface area is 122 Å². The summed E-state index contributed by atoms with van der Waals surface area (Å²) >= 11 is 1.71. The molecule has 1 aliphatic carbocycles. The Bertz CT molecular complexity index is 710. The van der Waals surface area contributed by atoms with E-state index in [4.69, 9.17) is 0 Å². The lowest BCUT2D eigenvalue weighted by Crippen LogP contribution is -2.15. The molecule has 0 bridgehead atoms. The van der Waals surface area contributed by atoms with E-state index in [2.05, 4.69) is 45.3 Å². The minimum absolute atomic E-state index is 0.765. The summed E-state index contributed by atoms with van der Waals surface area (Å²) < 4.78 is 2.29. The largest absolute Gasteiger partial charge is 0.342 e. The van der Waals surface area contributed by atoms with E-state index in [1.165, 1.54) is 34.2 Å².